The fourth-order valence-corrected chi connectivity index (χ4v) is 4.88. The number of rotatable bonds is 5. The molecule has 1 N–H and O–H groups in total. The molecule has 1 fully saturated rings. The van der Waals surface area contributed by atoms with Gasteiger partial charge in [-0.15, -0.1) is 0 Å². The summed E-state index contributed by atoms with van der Waals surface area (Å²) in [4.78, 5) is 44.9. The molecule has 0 aromatic heterocycles. The van der Waals surface area contributed by atoms with Crippen molar-refractivity contribution in [2.45, 2.75) is 39.4 Å². The molecular formula is C27H33ClN4O5. The van der Waals surface area contributed by atoms with Crippen LogP contribution in [0.1, 0.15) is 36.7 Å². The Morgan fingerprint density at radius 2 is 1.89 bits per heavy atom. The fourth-order valence-electron chi connectivity index (χ4n) is 4.63. The molecule has 198 valence electrons. The van der Waals surface area contributed by atoms with Crippen LogP contribution in [0.25, 0.3) is 0 Å². The molecule has 2 aliphatic heterocycles. The number of carbonyl (C=O) groups is 3. The Morgan fingerprint density at radius 3 is 2.59 bits per heavy atom. The Kier molecular flexibility index (Phi) is 8.56. The summed E-state index contributed by atoms with van der Waals surface area (Å²) in [5, 5.41) is 3.16. The van der Waals surface area contributed by atoms with Gasteiger partial charge in [0, 0.05) is 37.9 Å². The summed E-state index contributed by atoms with van der Waals surface area (Å²) in [6.45, 7) is 8.52. The first-order valence-electron chi connectivity index (χ1n) is 12.6. The predicted octanol–water partition coefficient (Wildman–Crippen LogP) is 3.55. The van der Waals surface area contributed by atoms with E-state index in [-0.39, 0.29) is 30.4 Å². The van der Waals surface area contributed by atoms with E-state index in [9.17, 15) is 14.4 Å². The third-order valence-electron chi connectivity index (χ3n) is 6.62. The van der Waals surface area contributed by atoms with Crippen LogP contribution < -0.4 is 15.0 Å². The fraction of sp³-hybridized carbons (Fsp3) is 0.444. The summed E-state index contributed by atoms with van der Waals surface area (Å²) in [5.74, 6) is 0.198. The average molecular weight is 529 g/mol. The Bertz CT molecular complexity index is 1150. The van der Waals surface area contributed by atoms with Crippen LogP contribution in [0.2, 0.25) is 5.02 Å². The lowest BCUT2D eigenvalue weighted by molar-refractivity contribution is -0.136. The van der Waals surface area contributed by atoms with Gasteiger partial charge < -0.3 is 29.5 Å². The normalized spacial score (nSPS) is 18.5. The first-order valence-corrected chi connectivity index (χ1v) is 12.9. The van der Waals surface area contributed by atoms with Gasteiger partial charge in [-0.25, -0.2) is 4.79 Å². The highest BCUT2D eigenvalue weighted by atomic mass is 35.5. The molecule has 1 saturated heterocycles. The van der Waals surface area contributed by atoms with Crippen LogP contribution in [-0.2, 0) is 16.1 Å². The van der Waals surface area contributed by atoms with Gasteiger partial charge in [-0.3, -0.25) is 9.59 Å². The molecule has 2 atom stereocenters. The number of carbonyl (C=O) groups excluding carboxylic acids is 3. The second-order valence-corrected chi connectivity index (χ2v) is 9.61. The number of fused-ring (bicyclic) bond motifs is 1. The number of ether oxygens (including phenoxy) is 2. The van der Waals surface area contributed by atoms with E-state index in [0.29, 0.717) is 55.8 Å². The van der Waals surface area contributed by atoms with Gasteiger partial charge in [0.05, 0.1) is 30.4 Å². The number of anilines is 1. The quantitative estimate of drug-likeness (QED) is 0.641. The number of nitrogens with zero attached hydrogens (tertiary/aromatic N) is 3. The first-order chi connectivity index (χ1) is 17.8. The van der Waals surface area contributed by atoms with E-state index in [2.05, 4.69) is 5.32 Å². The molecule has 0 aliphatic carbocycles. The van der Waals surface area contributed by atoms with Crippen molar-refractivity contribution in [3.63, 3.8) is 0 Å². The molecule has 4 amide bonds. The van der Waals surface area contributed by atoms with E-state index in [4.69, 9.17) is 21.1 Å². The van der Waals surface area contributed by atoms with Crippen molar-refractivity contribution >= 4 is 35.1 Å². The van der Waals surface area contributed by atoms with Gasteiger partial charge in [-0.1, -0.05) is 29.8 Å². The number of morpholine rings is 1. The highest BCUT2D eigenvalue weighted by Gasteiger charge is 2.33. The van der Waals surface area contributed by atoms with Crippen molar-refractivity contribution in [2.75, 3.05) is 44.4 Å². The van der Waals surface area contributed by atoms with Gasteiger partial charge in [-0.05, 0) is 50.6 Å². The Hall–Kier alpha value is -3.30. The lowest BCUT2D eigenvalue weighted by Crippen LogP contribution is -2.55. The van der Waals surface area contributed by atoms with E-state index in [0.717, 1.165) is 11.3 Å². The molecule has 2 aromatic carbocycles. The summed E-state index contributed by atoms with van der Waals surface area (Å²) in [6, 6.07) is 11.2. The summed E-state index contributed by atoms with van der Waals surface area (Å²) in [7, 11) is 0. The largest absolute Gasteiger partial charge is 0.494 e. The van der Waals surface area contributed by atoms with E-state index >= 15 is 0 Å². The van der Waals surface area contributed by atoms with Crippen LogP contribution in [0.15, 0.2) is 42.5 Å². The molecule has 0 spiro atoms. The molecule has 10 heteroatoms. The lowest BCUT2D eigenvalue weighted by atomic mass is 10.1. The van der Waals surface area contributed by atoms with Gasteiger partial charge in [-0.2, -0.15) is 0 Å². The number of hydrogen-bond donors (Lipinski definition) is 1. The van der Waals surface area contributed by atoms with Crippen molar-refractivity contribution < 1.29 is 23.9 Å². The number of amides is 4. The number of hydrogen-bond acceptors (Lipinski definition) is 5. The van der Waals surface area contributed by atoms with Crippen molar-refractivity contribution in [2.24, 2.45) is 0 Å². The van der Waals surface area contributed by atoms with Crippen molar-refractivity contribution in [3.05, 3.63) is 58.6 Å². The third kappa shape index (κ3) is 5.99. The van der Waals surface area contributed by atoms with Crippen LogP contribution in [0.4, 0.5) is 10.5 Å². The van der Waals surface area contributed by atoms with Gasteiger partial charge >= 0.3 is 6.03 Å². The van der Waals surface area contributed by atoms with E-state index in [1.807, 2.05) is 38.1 Å². The van der Waals surface area contributed by atoms with Crippen molar-refractivity contribution in [3.8, 4) is 5.75 Å². The first kappa shape index (κ1) is 26.8. The molecular weight excluding hydrogens is 496 g/mol. The topological polar surface area (TPSA) is 91.4 Å². The number of halogens is 1. The molecule has 2 aromatic rings. The molecule has 0 saturated carbocycles. The number of benzene rings is 2. The summed E-state index contributed by atoms with van der Waals surface area (Å²) in [5.41, 5.74) is 1.90. The maximum atomic E-state index is 13.7. The molecule has 9 nitrogen and oxygen atoms in total. The van der Waals surface area contributed by atoms with Crippen LogP contribution in [0.3, 0.4) is 0 Å². The Labute approximate surface area is 222 Å². The predicted molar refractivity (Wildman–Crippen MR) is 141 cm³/mol. The number of para-hydroxylation sites is 1. The van der Waals surface area contributed by atoms with Crippen LogP contribution in [-0.4, -0.2) is 79.2 Å². The molecule has 0 bridgehead atoms. The van der Waals surface area contributed by atoms with Gasteiger partial charge in [0.1, 0.15) is 11.8 Å². The Morgan fingerprint density at radius 1 is 1.16 bits per heavy atom. The van der Waals surface area contributed by atoms with Crippen LogP contribution in [0, 0.1) is 0 Å². The molecule has 0 unspecified atom stereocenters. The highest BCUT2D eigenvalue weighted by molar-refractivity contribution is 6.34. The third-order valence-corrected chi connectivity index (χ3v) is 6.94. The SMILES string of the molecule is CCOc1ccc(C(=O)N2C[C@H](C)N(C(=O)N[C@H](C)C(=O)N3CCOCC3)Cc3ccccc32)c(Cl)c1. The number of urea groups is 1. The summed E-state index contributed by atoms with van der Waals surface area (Å²) < 4.78 is 10.8. The number of nitrogens with one attached hydrogen (secondary N) is 1. The van der Waals surface area contributed by atoms with Crippen LogP contribution in [0.5, 0.6) is 5.75 Å². The van der Waals surface area contributed by atoms with Crippen LogP contribution >= 0.6 is 11.6 Å². The second-order valence-electron chi connectivity index (χ2n) is 9.20. The molecule has 2 heterocycles. The van der Waals surface area contributed by atoms with E-state index in [1.165, 1.54) is 0 Å². The van der Waals surface area contributed by atoms with Crippen molar-refractivity contribution in [1.29, 1.82) is 0 Å². The molecule has 2 aliphatic rings. The maximum Gasteiger partial charge on any atom is 0.318 e. The lowest BCUT2D eigenvalue weighted by Gasteiger charge is -2.32. The molecule has 0 radical (unpaired) electrons. The summed E-state index contributed by atoms with van der Waals surface area (Å²) >= 11 is 6.47. The monoisotopic (exact) mass is 528 g/mol. The van der Waals surface area contributed by atoms with Gasteiger partial charge in [0.25, 0.3) is 5.91 Å². The minimum absolute atomic E-state index is 0.138. The minimum atomic E-state index is -0.684. The highest BCUT2D eigenvalue weighted by Crippen LogP contribution is 2.31. The van der Waals surface area contributed by atoms with E-state index < -0.39 is 6.04 Å². The average Bonchev–Trinajstić information content (AvgIpc) is 3.05. The molecule has 37 heavy (non-hydrogen) atoms. The zero-order valence-electron chi connectivity index (χ0n) is 21.4. The smallest absolute Gasteiger partial charge is 0.318 e. The standard InChI is InChI=1S/C27H33ClN4O5/c1-4-37-21-9-10-22(23(28)15-21)26(34)32-16-18(2)31(17-20-7-5-6-8-24(20)32)27(35)29-19(3)25(33)30-11-13-36-14-12-30/h5-10,15,18-19H,4,11-14,16-17H2,1-3H3,(H,29,35)/t18-,19+/m0/s1. The second kappa shape index (κ2) is 11.8. The Balaban J connectivity index is 1.54. The zero-order valence-corrected chi connectivity index (χ0v) is 22.2. The molecule has 4 rings (SSSR count). The van der Waals surface area contributed by atoms with Gasteiger partial charge in [0.2, 0.25) is 5.91 Å². The van der Waals surface area contributed by atoms with Crippen molar-refractivity contribution in [1.82, 2.24) is 15.1 Å². The minimum Gasteiger partial charge on any atom is -0.494 e. The zero-order chi connectivity index (χ0) is 26.5. The maximum absolute atomic E-state index is 13.7. The van der Waals surface area contributed by atoms with Gasteiger partial charge in [0.15, 0.2) is 0 Å². The van der Waals surface area contributed by atoms with E-state index in [1.54, 1.807) is 39.8 Å². The summed E-state index contributed by atoms with van der Waals surface area (Å²) in [6.07, 6.45) is 0.